The van der Waals surface area contributed by atoms with Crippen molar-refractivity contribution in [2.24, 2.45) is 5.92 Å². The number of ether oxygens (including phenoxy) is 1. The molecule has 0 aromatic carbocycles. The molecule has 1 aliphatic rings. The Balaban J connectivity index is 1.96. The van der Waals surface area contributed by atoms with E-state index in [2.05, 4.69) is 17.3 Å². The van der Waals surface area contributed by atoms with E-state index in [0.29, 0.717) is 35.3 Å². The van der Waals surface area contributed by atoms with Crippen LogP contribution in [0.15, 0.2) is 6.07 Å². The van der Waals surface area contributed by atoms with Crippen LogP contribution >= 0.6 is 11.3 Å². The van der Waals surface area contributed by atoms with Gasteiger partial charge in [-0.3, -0.25) is 9.48 Å². The maximum atomic E-state index is 12.8. The molecule has 2 heterocycles. The zero-order chi connectivity index (χ0) is 18.8. The van der Waals surface area contributed by atoms with E-state index in [-0.39, 0.29) is 11.9 Å². The Bertz CT molecular complexity index is 837. The van der Waals surface area contributed by atoms with Crippen LogP contribution in [0.2, 0.25) is 0 Å². The van der Waals surface area contributed by atoms with E-state index < -0.39 is 0 Å². The predicted molar refractivity (Wildman–Crippen MR) is 102 cm³/mol. The molecule has 6 nitrogen and oxygen atoms in total. The first kappa shape index (κ1) is 18.6. The summed E-state index contributed by atoms with van der Waals surface area (Å²) in [6, 6.07) is 1.76. The fourth-order valence-electron chi connectivity index (χ4n) is 3.39. The van der Waals surface area contributed by atoms with Gasteiger partial charge in [-0.15, -0.1) is 11.3 Å². The van der Waals surface area contributed by atoms with Crippen molar-refractivity contribution in [1.29, 1.82) is 0 Å². The Labute approximate surface area is 157 Å². The predicted octanol–water partition coefficient (Wildman–Crippen LogP) is 3.83. The van der Waals surface area contributed by atoms with E-state index in [0.717, 1.165) is 30.5 Å². The maximum absolute atomic E-state index is 12.8. The molecule has 26 heavy (non-hydrogen) atoms. The van der Waals surface area contributed by atoms with Crippen molar-refractivity contribution in [2.75, 3.05) is 11.9 Å². The van der Waals surface area contributed by atoms with Crippen LogP contribution in [0.3, 0.4) is 0 Å². The van der Waals surface area contributed by atoms with Crippen molar-refractivity contribution in [2.45, 2.75) is 53.5 Å². The number of thiophene rings is 1. The summed E-state index contributed by atoms with van der Waals surface area (Å²) < 4.78 is 6.93. The van der Waals surface area contributed by atoms with Crippen molar-refractivity contribution in [1.82, 2.24) is 9.78 Å². The molecule has 0 spiro atoms. The number of nitrogens with one attached hydrogen (secondary N) is 1. The van der Waals surface area contributed by atoms with Gasteiger partial charge in [-0.1, -0.05) is 6.92 Å². The zero-order valence-corrected chi connectivity index (χ0v) is 16.5. The summed E-state index contributed by atoms with van der Waals surface area (Å²) in [5.41, 5.74) is 2.87. The van der Waals surface area contributed by atoms with Gasteiger partial charge in [-0.25, -0.2) is 4.79 Å². The Hall–Kier alpha value is -2.15. The number of hydrogen-bond donors (Lipinski definition) is 1. The molecular formula is C19H25N3O3S. The van der Waals surface area contributed by atoms with Gasteiger partial charge in [0.1, 0.15) is 10.7 Å². The summed E-state index contributed by atoms with van der Waals surface area (Å²) in [5, 5.41) is 7.86. The Kier molecular flexibility index (Phi) is 5.46. The molecule has 1 amide bonds. The summed E-state index contributed by atoms with van der Waals surface area (Å²) in [6.45, 7) is 8.73. The lowest BCUT2D eigenvalue weighted by molar-refractivity contribution is 0.0526. The molecule has 2 aromatic heterocycles. The molecule has 0 bridgehead atoms. The van der Waals surface area contributed by atoms with E-state index in [1.165, 1.54) is 16.2 Å². The van der Waals surface area contributed by atoms with Gasteiger partial charge in [0.15, 0.2) is 0 Å². The zero-order valence-electron chi connectivity index (χ0n) is 15.7. The molecule has 0 saturated carbocycles. The molecule has 2 aromatic rings. The van der Waals surface area contributed by atoms with Crippen LogP contribution in [0.1, 0.15) is 64.2 Å². The van der Waals surface area contributed by atoms with Crippen LogP contribution in [0, 0.1) is 12.8 Å². The minimum absolute atomic E-state index is 0.246. The molecule has 1 aliphatic carbocycles. The van der Waals surface area contributed by atoms with Crippen LogP contribution in [0.25, 0.3) is 0 Å². The lowest BCUT2D eigenvalue weighted by Crippen LogP contribution is -2.19. The van der Waals surface area contributed by atoms with Gasteiger partial charge in [0.2, 0.25) is 0 Å². The third kappa shape index (κ3) is 3.53. The van der Waals surface area contributed by atoms with Crippen molar-refractivity contribution >= 4 is 28.2 Å². The minimum atomic E-state index is -0.352. The number of nitrogens with zero attached hydrogens (tertiary/aromatic N) is 2. The minimum Gasteiger partial charge on any atom is -0.462 e. The van der Waals surface area contributed by atoms with Gasteiger partial charge in [0, 0.05) is 11.4 Å². The third-order valence-electron chi connectivity index (χ3n) is 4.65. The summed E-state index contributed by atoms with van der Waals surface area (Å²) in [6.07, 6.45) is 2.84. The second-order valence-electron chi connectivity index (χ2n) is 6.72. The second-order valence-corrected chi connectivity index (χ2v) is 7.82. The molecule has 140 valence electrons. The quantitative estimate of drug-likeness (QED) is 0.806. The fourth-order valence-corrected chi connectivity index (χ4v) is 4.79. The lowest BCUT2D eigenvalue weighted by atomic mass is 9.88. The highest BCUT2D eigenvalue weighted by Crippen LogP contribution is 2.40. The van der Waals surface area contributed by atoms with Crippen molar-refractivity contribution in [3.8, 4) is 0 Å². The van der Waals surface area contributed by atoms with E-state index in [1.54, 1.807) is 17.7 Å². The first-order valence-electron chi connectivity index (χ1n) is 9.12. The molecule has 7 heteroatoms. The van der Waals surface area contributed by atoms with E-state index in [9.17, 15) is 9.59 Å². The van der Waals surface area contributed by atoms with Gasteiger partial charge >= 0.3 is 5.97 Å². The number of fused-ring (bicyclic) bond motifs is 1. The SMILES string of the molecule is CCOC(=O)c1c(NC(=O)c2cc(C)nn2CC)sc2c1CCC(C)C2. The van der Waals surface area contributed by atoms with Gasteiger partial charge in [0.25, 0.3) is 5.91 Å². The standard InChI is InChI=1S/C19H25N3O3S/c1-5-22-14(10-12(4)21-22)17(23)20-18-16(19(24)25-6-2)13-8-7-11(3)9-15(13)26-18/h10-11H,5-9H2,1-4H3,(H,20,23). The monoisotopic (exact) mass is 375 g/mol. The molecule has 0 aliphatic heterocycles. The van der Waals surface area contributed by atoms with Crippen molar-refractivity contribution in [3.63, 3.8) is 0 Å². The van der Waals surface area contributed by atoms with Gasteiger partial charge < -0.3 is 10.1 Å². The Morgan fingerprint density at radius 1 is 1.42 bits per heavy atom. The number of rotatable bonds is 5. The summed E-state index contributed by atoms with van der Waals surface area (Å²) in [5.74, 6) is -0.0106. The highest BCUT2D eigenvalue weighted by molar-refractivity contribution is 7.17. The molecule has 1 N–H and O–H groups in total. The van der Waals surface area contributed by atoms with Crippen LogP contribution in [0.4, 0.5) is 5.00 Å². The van der Waals surface area contributed by atoms with Crippen molar-refractivity contribution in [3.05, 3.63) is 33.5 Å². The number of aromatic nitrogens is 2. The number of amides is 1. The molecule has 0 fully saturated rings. The molecule has 3 rings (SSSR count). The summed E-state index contributed by atoms with van der Waals surface area (Å²) in [4.78, 5) is 26.5. The van der Waals surface area contributed by atoms with Crippen LogP contribution in [0.5, 0.6) is 0 Å². The first-order chi connectivity index (χ1) is 12.4. The topological polar surface area (TPSA) is 73.2 Å². The average Bonchev–Trinajstić information content (AvgIpc) is 3.14. The summed E-state index contributed by atoms with van der Waals surface area (Å²) in [7, 11) is 0. The Morgan fingerprint density at radius 2 is 2.19 bits per heavy atom. The first-order valence-corrected chi connectivity index (χ1v) is 9.93. The van der Waals surface area contributed by atoms with Crippen LogP contribution < -0.4 is 5.32 Å². The molecule has 0 saturated heterocycles. The van der Waals surface area contributed by atoms with E-state index in [4.69, 9.17) is 4.74 Å². The van der Waals surface area contributed by atoms with Crippen LogP contribution in [-0.2, 0) is 24.1 Å². The fraction of sp³-hybridized carbons (Fsp3) is 0.526. The Morgan fingerprint density at radius 3 is 2.88 bits per heavy atom. The van der Waals surface area contributed by atoms with E-state index >= 15 is 0 Å². The smallest absolute Gasteiger partial charge is 0.341 e. The molecular weight excluding hydrogens is 350 g/mol. The number of carbonyl (C=O) groups excluding carboxylic acids is 2. The summed E-state index contributed by atoms with van der Waals surface area (Å²) >= 11 is 1.50. The molecule has 0 radical (unpaired) electrons. The second kappa shape index (κ2) is 7.61. The third-order valence-corrected chi connectivity index (χ3v) is 5.82. The van der Waals surface area contributed by atoms with Crippen molar-refractivity contribution < 1.29 is 14.3 Å². The number of hydrogen-bond acceptors (Lipinski definition) is 5. The van der Waals surface area contributed by atoms with Crippen LogP contribution in [-0.4, -0.2) is 28.3 Å². The number of esters is 1. The molecule has 1 unspecified atom stereocenters. The number of aryl methyl sites for hydroxylation is 2. The highest BCUT2D eigenvalue weighted by Gasteiger charge is 2.29. The van der Waals surface area contributed by atoms with Gasteiger partial charge in [-0.2, -0.15) is 5.10 Å². The largest absolute Gasteiger partial charge is 0.462 e. The maximum Gasteiger partial charge on any atom is 0.341 e. The highest BCUT2D eigenvalue weighted by atomic mass is 32.1. The normalized spacial score (nSPS) is 16.2. The number of anilines is 1. The van der Waals surface area contributed by atoms with Gasteiger partial charge in [-0.05, 0) is 57.6 Å². The van der Waals surface area contributed by atoms with E-state index in [1.807, 2.05) is 13.8 Å². The average molecular weight is 375 g/mol. The van der Waals surface area contributed by atoms with Gasteiger partial charge in [0.05, 0.1) is 17.9 Å². The lowest BCUT2D eigenvalue weighted by Gasteiger charge is -2.18. The molecule has 1 atom stereocenters. The number of carbonyl (C=O) groups is 2.